The lowest BCUT2D eigenvalue weighted by molar-refractivity contribution is -0.143. The molecular weight excluding hydrogens is 522 g/mol. The number of fused-ring (bicyclic) bond motifs is 2. The summed E-state index contributed by atoms with van der Waals surface area (Å²) in [5.41, 5.74) is -1.05. The molecule has 2 aromatic rings. The van der Waals surface area contributed by atoms with Crippen LogP contribution in [0, 0.1) is 0 Å². The number of amides is 2. The number of aliphatic hydroxyl groups excluding tert-OH is 1. The van der Waals surface area contributed by atoms with Crippen LogP contribution in [0.25, 0.3) is 5.76 Å². The maximum Gasteiger partial charge on any atom is 0.296 e. The van der Waals surface area contributed by atoms with Gasteiger partial charge < -0.3 is 19.6 Å². The Morgan fingerprint density at radius 1 is 1.03 bits per heavy atom. The fourth-order valence-electron chi connectivity index (χ4n) is 5.85. The molecular formula is C28H31N3O7S. The van der Waals surface area contributed by atoms with E-state index in [0.29, 0.717) is 43.9 Å². The van der Waals surface area contributed by atoms with Gasteiger partial charge in [0.1, 0.15) is 5.76 Å². The molecule has 3 aliphatic heterocycles. The number of anilines is 1. The number of carbonyl (C=O) groups excluding carboxylic acids is 3. The number of ketones is 1. The van der Waals surface area contributed by atoms with E-state index >= 15 is 0 Å². The summed E-state index contributed by atoms with van der Waals surface area (Å²) in [6.07, 6.45) is 1.97. The number of sulfonamides is 1. The normalized spacial score (nSPS) is 22.9. The largest absolute Gasteiger partial charge is 0.507 e. The number of aliphatic hydroxyl groups is 1. The van der Waals surface area contributed by atoms with E-state index in [0.717, 1.165) is 12.8 Å². The molecule has 0 aliphatic carbocycles. The quantitative estimate of drug-likeness (QED) is 0.230. The van der Waals surface area contributed by atoms with Crippen LogP contribution < -0.4 is 4.90 Å². The number of methoxy groups -OCH3 is 1. The number of likely N-dealkylation sites (tertiary alicyclic amines) is 1. The van der Waals surface area contributed by atoms with Gasteiger partial charge >= 0.3 is 0 Å². The molecule has 3 aliphatic rings. The second-order valence-electron chi connectivity index (χ2n) is 9.77. The highest BCUT2D eigenvalue weighted by Crippen LogP contribution is 2.53. The van der Waals surface area contributed by atoms with Crippen LogP contribution in [0.1, 0.15) is 37.3 Å². The molecule has 5 rings (SSSR count). The predicted molar refractivity (Wildman–Crippen MR) is 143 cm³/mol. The Labute approximate surface area is 227 Å². The zero-order valence-electron chi connectivity index (χ0n) is 21.9. The third-order valence-corrected chi connectivity index (χ3v) is 9.60. The number of hydrogen-bond donors (Lipinski definition) is 1. The van der Waals surface area contributed by atoms with Crippen LogP contribution in [0.15, 0.2) is 59.0 Å². The van der Waals surface area contributed by atoms with Crippen molar-refractivity contribution in [1.82, 2.24) is 9.21 Å². The number of para-hydroxylation sites is 1. The van der Waals surface area contributed by atoms with Gasteiger partial charge in [0.05, 0.1) is 16.2 Å². The number of ether oxygens (including phenoxy) is 1. The van der Waals surface area contributed by atoms with Crippen LogP contribution in [0.3, 0.4) is 0 Å². The molecule has 1 unspecified atom stereocenters. The Bertz CT molecular complexity index is 1460. The molecule has 2 amide bonds. The van der Waals surface area contributed by atoms with E-state index in [4.69, 9.17) is 4.74 Å². The summed E-state index contributed by atoms with van der Waals surface area (Å²) in [6.45, 7) is 3.35. The second kappa shape index (κ2) is 10.2. The standard InChI is InChI=1S/C28H31N3O7S/c1-3-30-22-10-5-4-9-21(22)28(27(30)35)23(25(33)26(34)31(28)17-8-18-38-2)24(32)19-11-13-20(14-12-19)39(36,37)29-15-6-7-16-29/h4-5,9-14,32H,3,6-8,15-18H2,1-2H3/b24-23+. The Morgan fingerprint density at radius 3 is 2.33 bits per heavy atom. The van der Waals surface area contributed by atoms with Gasteiger partial charge in [-0.2, -0.15) is 4.31 Å². The Kier molecular flexibility index (Phi) is 7.08. The van der Waals surface area contributed by atoms with Gasteiger partial charge in [-0.3, -0.25) is 14.4 Å². The van der Waals surface area contributed by atoms with Gasteiger partial charge in [0.25, 0.3) is 17.6 Å². The summed E-state index contributed by atoms with van der Waals surface area (Å²) in [5.74, 6) is -2.90. The summed E-state index contributed by atoms with van der Waals surface area (Å²) < 4.78 is 32.5. The number of hydrogen-bond acceptors (Lipinski definition) is 7. The smallest absolute Gasteiger partial charge is 0.296 e. The van der Waals surface area contributed by atoms with Crippen molar-refractivity contribution < 1.29 is 32.6 Å². The van der Waals surface area contributed by atoms with Crippen molar-refractivity contribution in [1.29, 1.82) is 0 Å². The number of Topliss-reactive ketones (excluding diaryl/α,β-unsaturated/α-hetero) is 1. The van der Waals surface area contributed by atoms with Crippen molar-refractivity contribution >= 4 is 39.1 Å². The molecule has 2 fully saturated rings. The molecule has 1 spiro atoms. The van der Waals surface area contributed by atoms with E-state index in [1.54, 1.807) is 31.2 Å². The average molecular weight is 554 g/mol. The highest BCUT2D eigenvalue weighted by Gasteiger charge is 2.66. The lowest BCUT2D eigenvalue weighted by atomic mass is 9.82. The summed E-state index contributed by atoms with van der Waals surface area (Å²) in [6, 6.07) is 12.5. The molecule has 0 aromatic heterocycles. The first-order chi connectivity index (χ1) is 18.7. The minimum atomic E-state index is -3.69. The first-order valence-electron chi connectivity index (χ1n) is 13.0. The van der Waals surface area contributed by atoms with Crippen LogP contribution >= 0.6 is 0 Å². The lowest BCUT2D eigenvalue weighted by Gasteiger charge is -2.34. The molecule has 0 radical (unpaired) electrons. The monoisotopic (exact) mass is 553 g/mol. The minimum absolute atomic E-state index is 0.0554. The summed E-state index contributed by atoms with van der Waals surface area (Å²) in [4.78, 5) is 43.9. The molecule has 39 heavy (non-hydrogen) atoms. The highest BCUT2D eigenvalue weighted by molar-refractivity contribution is 7.89. The summed E-state index contributed by atoms with van der Waals surface area (Å²) >= 11 is 0. The van der Waals surface area contributed by atoms with E-state index in [1.807, 2.05) is 0 Å². The Balaban J connectivity index is 1.67. The van der Waals surface area contributed by atoms with Crippen molar-refractivity contribution in [2.75, 3.05) is 44.8 Å². The number of benzene rings is 2. The van der Waals surface area contributed by atoms with E-state index in [9.17, 15) is 27.9 Å². The Morgan fingerprint density at radius 2 is 1.69 bits per heavy atom. The third-order valence-electron chi connectivity index (χ3n) is 7.69. The summed E-state index contributed by atoms with van der Waals surface area (Å²) in [7, 11) is -2.17. The van der Waals surface area contributed by atoms with E-state index in [2.05, 4.69) is 0 Å². The van der Waals surface area contributed by atoms with E-state index in [-0.39, 0.29) is 22.6 Å². The van der Waals surface area contributed by atoms with Crippen LogP contribution in [0.2, 0.25) is 0 Å². The van der Waals surface area contributed by atoms with E-state index < -0.39 is 38.9 Å². The van der Waals surface area contributed by atoms with Gasteiger partial charge in [0, 0.05) is 51.0 Å². The summed E-state index contributed by atoms with van der Waals surface area (Å²) in [5, 5.41) is 11.6. The molecule has 0 saturated carbocycles. The fraction of sp³-hybridized carbons (Fsp3) is 0.393. The van der Waals surface area contributed by atoms with Crippen molar-refractivity contribution in [2.24, 2.45) is 0 Å². The number of likely N-dealkylation sites (N-methyl/N-ethyl adjacent to an activating group) is 1. The van der Waals surface area contributed by atoms with Crippen LogP contribution in [-0.2, 0) is 34.7 Å². The fourth-order valence-corrected chi connectivity index (χ4v) is 7.37. The maximum atomic E-state index is 14.1. The van der Waals surface area contributed by atoms with Crippen molar-refractivity contribution in [3.8, 4) is 0 Å². The first-order valence-corrected chi connectivity index (χ1v) is 14.5. The minimum Gasteiger partial charge on any atom is -0.507 e. The molecule has 1 N–H and O–H groups in total. The topological polar surface area (TPSA) is 125 Å². The van der Waals surface area contributed by atoms with Gasteiger partial charge in [-0.15, -0.1) is 0 Å². The molecule has 2 aromatic carbocycles. The maximum absolute atomic E-state index is 14.1. The first kappa shape index (κ1) is 27.0. The van der Waals surface area contributed by atoms with Gasteiger partial charge in [-0.05, 0) is 56.5 Å². The third kappa shape index (κ3) is 3.98. The van der Waals surface area contributed by atoms with Crippen LogP contribution in [-0.4, -0.2) is 80.2 Å². The number of nitrogens with zero attached hydrogens (tertiary/aromatic N) is 3. The van der Waals surface area contributed by atoms with Gasteiger partial charge in [0.15, 0.2) is 5.54 Å². The molecule has 11 heteroatoms. The van der Waals surface area contributed by atoms with Gasteiger partial charge in [-0.1, -0.05) is 18.2 Å². The van der Waals surface area contributed by atoms with Crippen molar-refractivity contribution in [2.45, 2.75) is 36.6 Å². The second-order valence-corrected chi connectivity index (χ2v) is 11.7. The SMILES string of the molecule is CCN1C(=O)C2(/C(=C(/O)c3ccc(S(=O)(=O)N4CCCC4)cc3)C(=O)C(=O)N2CCCOC)c2ccccc21. The average Bonchev–Trinajstić information content (AvgIpc) is 3.62. The molecule has 1 atom stereocenters. The molecule has 206 valence electrons. The zero-order chi connectivity index (χ0) is 27.9. The zero-order valence-corrected chi connectivity index (χ0v) is 22.7. The molecule has 2 saturated heterocycles. The molecule has 0 bridgehead atoms. The number of carbonyl (C=O) groups is 3. The van der Waals surface area contributed by atoms with Gasteiger partial charge in [0.2, 0.25) is 10.0 Å². The van der Waals surface area contributed by atoms with Crippen molar-refractivity contribution in [3.63, 3.8) is 0 Å². The molecule has 10 nitrogen and oxygen atoms in total. The van der Waals surface area contributed by atoms with Crippen LogP contribution in [0.4, 0.5) is 5.69 Å². The van der Waals surface area contributed by atoms with Crippen molar-refractivity contribution in [3.05, 3.63) is 65.2 Å². The molecule has 3 heterocycles. The van der Waals surface area contributed by atoms with Crippen LogP contribution in [0.5, 0.6) is 0 Å². The predicted octanol–water partition coefficient (Wildman–Crippen LogP) is 2.45. The number of rotatable bonds is 8. The van der Waals surface area contributed by atoms with Gasteiger partial charge in [-0.25, -0.2) is 8.42 Å². The lowest BCUT2D eigenvalue weighted by Crippen LogP contribution is -2.52. The highest BCUT2D eigenvalue weighted by atomic mass is 32.2. The Hall–Kier alpha value is -3.54. The van der Waals surface area contributed by atoms with E-state index in [1.165, 1.54) is 45.5 Å².